The molecule has 1 aliphatic heterocycles. The molecule has 0 aromatic carbocycles. The molecule has 0 aromatic heterocycles. The maximum absolute atomic E-state index is 6.61. The molecule has 4 heteroatoms. The SMILES string of the molecule is CC12CCCC1=CC([Si](C)(C)C)=C([Si](C)(C)C)O2.[CH]1C=CC=C1.[Co]. The molecule has 1 nitrogen and oxygen atoms in total. The van der Waals surface area contributed by atoms with Crippen molar-refractivity contribution in [2.75, 3.05) is 0 Å². The molecule has 0 N–H and O–H groups in total. The third-order valence-electron chi connectivity index (χ3n) is 4.71. The molecule has 1 fully saturated rings. The monoisotopic (exact) mass is 404 g/mol. The number of hydrogen-bond donors (Lipinski definition) is 0. The van der Waals surface area contributed by atoms with Gasteiger partial charge in [0.25, 0.3) is 0 Å². The predicted octanol–water partition coefficient (Wildman–Crippen LogP) is 6.21. The summed E-state index contributed by atoms with van der Waals surface area (Å²) >= 11 is 0. The molecule has 2 aliphatic carbocycles. The van der Waals surface area contributed by atoms with Crippen molar-refractivity contribution in [1.82, 2.24) is 0 Å². The molecule has 1 heterocycles. The molecule has 3 aliphatic rings. The second kappa shape index (κ2) is 7.94. The quantitative estimate of drug-likeness (QED) is 0.497. The third-order valence-corrected chi connectivity index (χ3v) is 8.69. The van der Waals surface area contributed by atoms with Crippen LogP contribution in [0.15, 0.2) is 46.5 Å². The summed E-state index contributed by atoms with van der Waals surface area (Å²) in [5, 5.41) is 2.99. The van der Waals surface area contributed by atoms with Gasteiger partial charge < -0.3 is 4.74 Å². The molecule has 0 amide bonds. The van der Waals surface area contributed by atoms with E-state index in [1.165, 1.54) is 24.6 Å². The largest absolute Gasteiger partial charge is 0.493 e. The first-order valence-electron chi connectivity index (χ1n) is 8.86. The van der Waals surface area contributed by atoms with Crippen LogP contribution in [0.3, 0.4) is 0 Å². The molecule has 136 valence electrons. The van der Waals surface area contributed by atoms with E-state index < -0.39 is 16.1 Å². The van der Waals surface area contributed by atoms with E-state index in [9.17, 15) is 0 Å². The molecule has 1 atom stereocenters. The first-order valence-corrected chi connectivity index (χ1v) is 15.9. The van der Waals surface area contributed by atoms with Gasteiger partial charge in [-0.3, -0.25) is 0 Å². The molecule has 24 heavy (non-hydrogen) atoms. The zero-order valence-corrected chi connectivity index (χ0v) is 19.4. The van der Waals surface area contributed by atoms with Crippen LogP contribution in [0.1, 0.15) is 26.2 Å². The minimum absolute atomic E-state index is 0. The van der Waals surface area contributed by atoms with E-state index >= 15 is 0 Å². The van der Waals surface area contributed by atoms with Crippen molar-refractivity contribution in [3.05, 3.63) is 53.0 Å². The van der Waals surface area contributed by atoms with E-state index in [0.717, 1.165) is 0 Å². The van der Waals surface area contributed by atoms with Crippen LogP contribution in [0, 0.1) is 6.42 Å². The Morgan fingerprint density at radius 3 is 1.92 bits per heavy atom. The summed E-state index contributed by atoms with van der Waals surface area (Å²) in [6.45, 7) is 16.9. The van der Waals surface area contributed by atoms with Gasteiger partial charge in [-0.05, 0) is 37.0 Å². The number of ether oxygens (including phenoxy) is 1. The zero-order valence-electron chi connectivity index (χ0n) is 16.3. The van der Waals surface area contributed by atoms with Crippen molar-refractivity contribution in [1.29, 1.82) is 0 Å². The Labute approximate surface area is 161 Å². The van der Waals surface area contributed by atoms with Gasteiger partial charge in [-0.25, -0.2) is 0 Å². The number of rotatable bonds is 2. The molecule has 0 aromatic rings. The van der Waals surface area contributed by atoms with Gasteiger partial charge in [-0.1, -0.05) is 69.7 Å². The van der Waals surface area contributed by atoms with Gasteiger partial charge in [0.05, 0.1) is 13.5 Å². The topological polar surface area (TPSA) is 9.23 Å². The van der Waals surface area contributed by atoms with Gasteiger partial charge in [0.1, 0.15) is 13.7 Å². The predicted molar refractivity (Wildman–Crippen MR) is 108 cm³/mol. The fraction of sp³-hybridized carbons (Fsp3) is 0.550. The molecule has 2 radical (unpaired) electrons. The number of fused-ring (bicyclic) bond motifs is 1. The summed E-state index contributed by atoms with van der Waals surface area (Å²) in [6.07, 6.45) is 16.3. The number of allylic oxidation sites excluding steroid dienone is 6. The molecular formula is C20H33CoOSi2. The Morgan fingerprint density at radius 2 is 1.50 bits per heavy atom. The van der Waals surface area contributed by atoms with E-state index in [0.29, 0.717) is 0 Å². The summed E-state index contributed by atoms with van der Waals surface area (Å²) in [4.78, 5) is 0. The van der Waals surface area contributed by atoms with Crippen LogP contribution in [0.4, 0.5) is 0 Å². The Morgan fingerprint density at radius 1 is 0.917 bits per heavy atom. The van der Waals surface area contributed by atoms with Crippen molar-refractivity contribution in [3.63, 3.8) is 0 Å². The summed E-state index contributed by atoms with van der Waals surface area (Å²) in [5.41, 5.74) is 1.58. The van der Waals surface area contributed by atoms with Crippen LogP contribution in [-0.4, -0.2) is 21.7 Å². The smallest absolute Gasteiger partial charge is 0.126 e. The van der Waals surface area contributed by atoms with Crippen LogP contribution in [0.25, 0.3) is 0 Å². The van der Waals surface area contributed by atoms with Crippen molar-refractivity contribution < 1.29 is 21.5 Å². The van der Waals surface area contributed by atoms with E-state index in [4.69, 9.17) is 4.74 Å². The summed E-state index contributed by atoms with van der Waals surface area (Å²) < 4.78 is 6.61. The van der Waals surface area contributed by atoms with Gasteiger partial charge in [0.2, 0.25) is 0 Å². The molecule has 0 bridgehead atoms. The number of hydrogen-bond acceptors (Lipinski definition) is 1. The fourth-order valence-corrected chi connectivity index (χ4v) is 8.34. The van der Waals surface area contributed by atoms with Crippen LogP contribution in [0.5, 0.6) is 0 Å². The average molecular weight is 405 g/mol. The third kappa shape index (κ3) is 5.10. The van der Waals surface area contributed by atoms with Crippen molar-refractivity contribution in [3.8, 4) is 0 Å². The molecule has 1 unspecified atom stereocenters. The Hall–Kier alpha value is -0.300. The van der Waals surface area contributed by atoms with Gasteiger partial charge in [0.15, 0.2) is 0 Å². The average Bonchev–Trinajstić information content (AvgIpc) is 3.06. The minimum atomic E-state index is -1.39. The second-order valence-corrected chi connectivity index (χ2v) is 19.1. The van der Waals surface area contributed by atoms with Gasteiger partial charge >= 0.3 is 0 Å². The van der Waals surface area contributed by atoms with Crippen molar-refractivity contribution in [2.45, 2.75) is 71.1 Å². The Bertz CT molecular complexity index is 563. The normalized spacial score (nSPS) is 25.4. The minimum Gasteiger partial charge on any atom is -0.493 e. The summed E-state index contributed by atoms with van der Waals surface area (Å²) in [7, 11) is -2.70. The van der Waals surface area contributed by atoms with Crippen molar-refractivity contribution in [2.24, 2.45) is 0 Å². The Balaban J connectivity index is 0.000000412. The van der Waals surface area contributed by atoms with Gasteiger partial charge in [-0.15, -0.1) is 0 Å². The van der Waals surface area contributed by atoms with Gasteiger partial charge in [0, 0.05) is 23.2 Å². The Kier molecular flexibility index (Phi) is 7.19. The van der Waals surface area contributed by atoms with E-state index in [1.54, 1.807) is 10.8 Å². The van der Waals surface area contributed by atoms with Gasteiger partial charge in [-0.2, -0.15) is 0 Å². The summed E-state index contributed by atoms with van der Waals surface area (Å²) in [5.74, 6) is 0. The van der Waals surface area contributed by atoms with Crippen LogP contribution in [0.2, 0.25) is 39.3 Å². The molecule has 3 rings (SSSR count). The zero-order chi connectivity index (χ0) is 17.3. The van der Waals surface area contributed by atoms with E-state index in [-0.39, 0.29) is 22.4 Å². The van der Waals surface area contributed by atoms with Crippen LogP contribution < -0.4 is 0 Å². The van der Waals surface area contributed by atoms with Crippen molar-refractivity contribution >= 4 is 16.1 Å². The standard InChI is InChI=1S/C15H28OSi2.C5H5.Co/c1-15-10-8-9-12(15)11-13(17(2,3)4)14(16-15)18(5,6)7;1-2-4-5-3-1;/h11H,8-10H2,1-7H3;1-5H;. The van der Waals surface area contributed by atoms with Crippen LogP contribution in [-0.2, 0) is 21.5 Å². The molecule has 1 saturated carbocycles. The summed E-state index contributed by atoms with van der Waals surface area (Å²) in [6, 6.07) is 0. The molecule has 0 spiro atoms. The molecular weight excluding hydrogens is 371 g/mol. The van der Waals surface area contributed by atoms with Crippen LogP contribution >= 0.6 is 0 Å². The second-order valence-electron chi connectivity index (χ2n) is 9.06. The first kappa shape index (κ1) is 21.7. The maximum Gasteiger partial charge on any atom is 0.126 e. The maximum atomic E-state index is 6.61. The molecule has 0 saturated heterocycles. The van der Waals surface area contributed by atoms with E-state index in [1.807, 2.05) is 30.7 Å². The fourth-order valence-electron chi connectivity index (χ4n) is 3.34. The first-order chi connectivity index (χ1) is 10.5. The van der Waals surface area contributed by atoms with E-state index in [2.05, 4.69) is 52.3 Å².